The Morgan fingerprint density at radius 1 is 1.00 bits per heavy atom. The lowest BCUT2D eigenvalue weighted by Crippen LogP contribution is -2.12. The molecule has 0 aliphatic heterocycles. The number of carbonyl (C=O) groups is 1. The zero-order valence-corrected chi connectivity index (χ0v) is 11.4. The van der Waals surface area contributed by atoms with Gasteiger partial charge >= 0.3 is 0 Å². The first-order chi connectivity index (χ1) is 10.3. The largest absolute Gasteiger partial charge is 0.454 e. The third kappa shape index (κ3) is 2.09. The van der Waals surface area contributed by atoms with Crippen molar-refractivity contribution in [1.29, 1.82) is 0 Å². The quantitative estimate of drug-likeness (QED) is 0.781. The number of aryl methyl sites for hydroxylation is 1. The summed E-state index contributed by atoms with van der Waals surface area (Å²) >= 11 is 0. The van der Waals surface area contributed by atoms with Crippen LogP contribution < -0.4 is 0 Å². The molecule has 0 radical (unpaired) electrons. The number of nitrogens with one attached hydrogen (secondary N) is 1. The van der Waals surface area contributed by atoms with E-state index in [9.17, 15) is 4.79 Å². The molecule has 1 aromatic carbocycles. The highest BCUT2D eigenvalue weighted by Gasteiger charge is 2.24. The lowest BCUT2D eigenvalue weighted by Gasteiger charge is -2.09. The molecule has 0 unspecified atom stereocenters. The van der Waals surface area contributed by atoms with Crippen molar-refractivity contribution in [1.82, 2.24) is 10.2 Å². The summed E-state index contributed by atoms with van der Waals surface area (Å²) in [5.74, 6) is 1.78. The molecular formula is C17H14N2O2. The highest BCUT2D eigenvalue weighted by atomic mass is 16.3. The van der Waals surface area contributed by atoms with Gasteiger partial charge in [0.2, 0.25) is 0 Å². The Morgan fingerprint density at radius 3 is 2.67 bits per heavy atom. The molecule has 1 aliphatic rings. The van der Waals surface area contributed by atoms with Crippen molar-refractivity contribution in [2.45, 2.75) is 19.3 Å². The monoisotopic (exact) mass is 278 g/mol. The van der Waals surface area contributed by atoms with Gasteiger partial charge in [-0.25, -0.2) is 0 Å². The molecule has 0 fully saturated rings. The first kappa shape index (κ1) is 12.1. The van der Waals surface area contributed by atoms with Crippen molar-refractivity contribution in [2.24, 2.45) is 0 Å². The maximum atomic E-state index is 11.7. The Hall–Kier alpha value is -2.62. The van der Waals surface area contributed by atoms with Gasteiger partial charge in [0.1, 0.15) is 17.2 Å². The molecule has 2 heterocycles. The molecule has 104 valence electrons. The molecule has 0 spiro atoms. The van der Waals surface area contributed by atoms with Crippen LogP contribution in [-0.4, -0.2) is 16.0 Å². The summed E-state index contributed by atoms with van der Waals surface area (Å²) in [4.78, 5) is 11.7. The summed E-state index contributed by atoms with van der Waals surface area (Å²) in [7, 11) is 0. The summed E-state index contributed by atoms with van der Waals surface area (Å²) in [5, 5.41) is 7.37. The lowest BCUT2D eigenvalue weighted by atomic mass is 9.94. The molecule has 1 aliphatic carbocycles. The van der Waals surface area contributed by atoms with E-state index >= 15 is 0 Å². The molecule has 0 amide bonds. The molecule has 4 nitrogen and oxygen atoms in total. The van der Waals surface area contributed by atoms with Gasteiger partial charge in [-0.1, -0.05) is 30.3 Å². The van der Waals surface area contributed by atoms with Gasteiger partial charge < -0.3 is 4.42 Å². The van der Waals surface area contributed by atoms with Gasteiger partial charge in [0.15, 0.2) is 5.76 Å². The Morgan fingerprint density at radius 2 is 1.81 bits per heavy atom. The number of H-pyrrole nitrogens is 1. The van der Waals surface area contributed by atoms with Crippen LogP contribution in [0.1, 0.15) is 17.7 Å². The van der Waals surface area contributed by atoms with Crippen LogP contribution in [0.4, 0.5) is 0 Å². The molecule has 0 atom stereocenters. The predicted octanol–water partition coefficient (Wildman–Crippen LogP) is 3.39. The average molecular weight is 278 g/mol. The summed E-state index contributed by atoms with van der Waals surface area (Å²) in [6, 6.07) is 13.8. The van der Waals surface area contributed by atoms with Crippen LogP contribution in [0.15, 0.2) is 46.9 Å². The van der Waals surface area contributed by atoms with Crippen LogP contribution in [-0.2, 0) is 17.6 Å². The van der Waals surface area contributed by atoms with E-state index < -0.39 is 0 Å². The second-order valence-electron chi connectivity index (χ2n) is 5.27. The SMILES string of the molecule is O=C1CCc2[nH]nc(-c3ccc(-c4ccccc4)o3)c2C1. The number of hydrogen-bond donors (Lipinski definition) is 1. The number of aromatic nitrogens is 2. The molecule has 4 rings (SSSR count). The highest BCUT2D eigenvalue weighted by Crippen LogP contribution is 2.32. The van der Waals surface area contributed by atoms with Crippen molar-refractivity contribution in [3.63, 3.8) is 0 Å². The van der Waals surface area contributed by atoms with E-state index in [-0.39, 0.29) is 5.78 Å². The minimum absolute atomic E-state index is 0.264. The maximum absolute atomic E-state index is 11.7. The molecular weight excluding hydrogens is 264 g/mol. The lowest BCUT2D eigenvalue weighted by molar-refractivity contribution is -0.118. The number of benzene rings is 1. The maximum Gasteiger partial charge on any atom is 0.155 e. The van der Waals surface area contributed by atoms with E-state index in [0.717, 1.165) is 34.7 Å². The van der Waals surface area contributed by atoms with E-state index in [1.165, 1.54) is 0 Å². The summed E-state index contributed by atoms with van der Waals surface area (Å²) in [5.41, 5.74) is 3.84. The van der Waals surface area contributed by atoms with Gasteiger partial charge in [0, 0.05) is 29.7 Å². The molecule has 2 aromatic heterocycles. The van der Waals surface area contributed by atoms with Gasteiger partial charge in [-0.15, -0.1) is 0 Å². The molecule has 21 heavy (non-hydrogen) atoms. The Kier molecular flexibility index (Phi) is 2.74. The number of nitrogens with zero attached hydrogens (tertiary/aromatic N) is 1. The fraction of sp³-hybridized carbons (Fsp3) is 0.176. The standard InChI is InChI=1S/C17H14N2O2/c20-12-6-7-14-13(10-12)17(19-18-14)16-9-8-15(21-16)11-4-2-1-3-5-11/h1-5,8-9H,6-7,10H2,(H,18,19). The van der Waals surface area contributed by atoms with Crippen LogP contribution in [0, 0.1) is 0 Å². The highest BCUT2D eigenvalue weighted by molar-refractivity contribution is 5.85. The van der Waals surface area contributed by atoms with E-state index in [2.05, 4.69) is 10.2 Å². The Bertz CT molecular complexity index is 799. The van der Waals surface area contributed by atoms with Gasteiger partial charge in [0.25, 0.3) is 0 Å². The number of ketones is 1. The Balaban J connectivity index is 1.74. The zero-order chi connectivity index (χ0) is 14.2. The fourth-order valence-corrected chi connectivity index (χ4v) is 2.77. The summed E-state index contributed by atoms with van der Waals surface area (Å²) < 4.78 is 5.92. The molecule has 0 saturated carbocycles. The molecule has 4 heteroatoms. The van der Waals surface area contributed by atoms with Crippen LogP contribution in [0.2, 0.25) is 0 Å². The van der Waals surface area contributed by atoms with Crippen molar-refractivity contribution >= 4 is 5.78 Å². The second-order valence-corrected chi connectivity index (χ2v) is 5.27. The molecule has 3 aromatic rings. The molecule has 1 N–H and O–H groups in total. The number of furan rings is 1. The summed E-state index contributed by atoms with van der Waals surface area (Å²) in [6.45, 7) is 0. The van der Waals surface area contributed by atoms with E-state index in [0.29, 0.717) is 18.6 Å². The zero-order valence-electron chi connectivity index (χ0n) is 11.4. The number of fused-ring (bicyclic) bond motifs is 1. The third-order valence-electron chi connectivity index (χ3n) is 3.88. The first-order valence-corrected chi connectivity index (χ1v) is 7.05. The minimum Gasteiger partial charge on any atom is -0.454 e. The fourth-order valence-electron chi connectivity index (χ4n) is 2.77. The van der Waals surface area contributed by atoms with Crippen molar-refractivity contribution in [2.75, 3.05) is 0 Å². The Labute approximate surface area is 121 Å². The number of aromatic amines is 1. The first-order valence-electron chi connectivity index (χ1n) is 7.05. The minimum atomic E-state index is 0.264. The third-order valence-corrected chi connectivity index (χ3v) is 3.88. The summed E-state index contributed by atoms with van der Waals surface area (Å²) in [6.07, 6.45) is 1.79. The van der Waals surface area contributed by atoms with Crippen molar-refractivity contribution in [3.8, 4) is 22.8 Å². The van der Waals surface area contributed by atoms with Crippen molar-refractivity contribution < 1.29 is 9.21 Å². The number of carbonyl (C=O) groups excluding carboxylic acids is 1. The van der Waals surface area contributed by atoms with Gasteiger partial charge in [-0.2, -0.15) is 5.10 Å². The molecule has 0 saturated heterocycles. The van der Waals surface area contributed by atoms with Crippen LogP contribution in [0.25, 0.3) is 22.8 Å². The second kappa shape index (κ2) is 4.74. The van der Waals surface area contributed by atoms with Crippen LogP contribution in [0.5, 0.6) is 0 Å². The van der Waals surface area contributed by atoms with E-state index in [4.69, 9.17) is 4.42 Å². The molecule has 0 bridgehead atoms. The topological polar surface area (TPSA) is 58.9 Å². The van der Waals surface area contributed by atoms with E-state index in [1.54, 1.807) is 0 Å². The van der Waals surface area contributed by atoms with Crippen LogP contribution in [0.3, 0.4) is 0 Å². The normalized spacial score (nSPS) is 14.2. The average Bonchev–Trinajstić information content (AvgIpc) is 3.14. The van der Waals surface area contributed by atoms with E-state index in [1.807, 2.05) is 42.5 Å². The van der Waals surface area contributed by atoms with Gasteiger partial charge in [-0.3, -0.25) is 9.89 Å². The number of rotatable bonds is 2. The van der Waals surface area contributed by atoms with Gasteiger partial charge in [-0.05, 0) is 18.6 Å². The van der Waals surface area contributed by atoms with Crippen molar-refractivity contribution in [3.05, 3.63) is 53.7 Å². The van der Waals surface area contributed by atoms with Crippen LogP contribution >= 0.6 is 0 Å². The predicted molar refractivity (Wildman–Crippen MR) is 78.8 cm³/mol. The number of Topliss-reactive ketones (excluding diaryl/α,β-unsaturated/α-hetero) is 1. The van der Waals surface area contributed by atoms with Gasteiger partial charge in [0.05, 0.1) is 0 Å². The smallest absolute Gasteiger partial charge is 0.155 e. The number of hydrogen-bond acceptors (Lipinski definition) is 3.